The highest BCUT2D eigenvalue weighted by Crippen LogP contribution is 2.65. The summed E-state index contributed by atoms with van der Waals surface area (Å²) in [6, 6.07) is 5.93. The Kier molecular flexibility index (Phi) is 10.6. The lowest BCUT2D eigenvalue weighted by molar-refractivity contribution is -0.153. The van der Waals surface area contributed by atoms with E-state index in [4.69, 9.17) is 0 Å². The Morgan fingerprint density at radius 1 is 0.870 bits per heavy atom. The van der Waals surface area contributed by atoms with E-state index in [1.165, 1.54) is 9.91 Å². The van der Waals surface area contributed by atoms with Gasteiger partial charge in [-0.3, -0.25) is 29.5 Å². The molecule has 2 unspecified atom stereocenters. The summed E-state index contributed by atoms with van der Waals surface area (Å²) in [5.41, 5.74) is 2.43. The van der Waals surface area contributed by atoms with Crippen LogP contribution in [0.2, 0.25) is 0 Å². The highest BCUT2D eigenvalue weighted by Gasteiger charge is 2.70. The fourth-order valence-electron chi connectivity index (χ4n) is 8.86. The smallest absolute Gasteiger partial charge is 0.333 e. The minimum absolute atomic E-state index is 0.0532. The quantitative estimate of drug-likeness (QED) is 0.202. The maximum atomic E-state index is 14.6. The number of carbonyl (C=O) groups is 6. The molecule has 1 aromatic rings. The predicted octanol–water partition coefficient (Wildman–Crippen LogP) is 4.60. The van der Waals surface area contributed by atoms with Gasteiger partial charge in [0.25, 0.3) is 5.91 Å². The minimum atomic E-state index is -0.999. The van der Waals surface area contributed by atoms with Crippen LogP contribution in [0.3, 0.4) is 0 Å². The Balaban J connectivity index is 1.16. The average molecular weight is 748 g/mol. The first-order valence-corrected chi connectivity index (χ1v) is 19.8. The van der Waals surface area contributed by atoms with Crippen molar-refractivity contribution in [2.75, 3.05) is 19.6 Å². The molecule has 6 rings (SSSR count). The molecule has 3 aliphatic carbocycles. The molecular weight excluding hydrogens is 686 g/mol. The maximum absolute atomic E-state index is 14.6. The van der Waals surface area contributed by atoms with E-state index >= 15 is 0 Å². The molecule has 8 amide bonds. The normalized spacial score (nSPS) is 27.4. The molecule has 1 aromatic carbocycles. The van der Waals surface area contributed by atoms with E-state index in [0.29, 0.717) is 38.3 Å². The summed E-state index contributed by atoms with van der Waals surface area (Å²) in [6.07, 6.45) is 3.97. The molecule has 296 valence electrons. The predicted molar refractivity (Wildman–Crippen MR) is 203 cm³/mol. The van der Waals surface area contributed by atoms with Crippen molar-refractivity contribution in [1.29, 1.82) is 0 Å². The second-order valence-electron chi connectivity index (χ2n) is 19.3. The lowest BCUT2D eigenvalue weighted by atomic mass is 9.84. The number of fused-ring (bicyclic) bond motifs is 3. The Labute approximate surface area is 320 Å². The van der Waals surface area contributed by atoms with Crippen molar-refractivity contribution in [3.8, 4) is 0 Å². The largest absolute Gasteiger partial charge is 0.336 e. The number of benzene rings is 1. The molecule has 0 radical (unpaired) electrons. The van der Waals surface area contributed by atoms with Gasteiger partial charge in [-0.2, -0.15) is 0 Å². The van der Waals surface area contributed by atoms with Crippen molar-refractivity contribution in [2.45, 2.75) is 119 Å². The van der Waals surface area contributed by atoms with Gasteiger partial charge in [-0.25, -0.2) is 14.6 Å². The summed E-state index contributed by atoms with van der Waals surface area (Å²) in [6.45, 7) is 18.3. The number of hydrazine groups is 1. The second-order valence-corrected chi connectivity index (χ2v) is 19.3. The number of urea groups is 2. The number of carbonyl (C=O) groups excluding carboxylic acids is 6. The van der Waals surface area contributed by atoms with Gasteiger partial charge in [0.2, 0.25) is 17.7 Å². The first-order chi connectivity index (χ1) is 25.2. The third kappa shape index (κ3) is 8.10. The van der Waals surface area contributed by atoms with Gasteiger partial charge in [-0.1, -0.05) is 85.7 Å². The molecule has 2 saturated heterocycles. The number of piperidine rings is 2. The number of hydrogen-bond acceptors (Lipinski definition) is 6. The van der Waals surface area contributed by atoms with Gasteiger partial charge >= 0.3 is 12.1 Å². The average Bonchev–Trinajstić information content (AvgIpc) is 3.83. The van der Waals surface area contributed by atoms with Crippen molar-refractivity contribution >= 4 is 35.7 Å². The van der Waals surface area contributed by atoms with Gasteiger partial charge < -0.3 is 20.9 Å². The van der Waals surface area contributed by atoms with Crippen LogP contribution in [-0.4, -0.2) is 88.3 Å². The van der Waals surface area contributed by atoms with Crippen molar-refractivity contribution < 1.29 is 28.8 Å². The number of imide groups is 1. The van der Waals surface area contributed by atoms with Crippen LogP contribution in [0.5, 0.6) is 0 Å². The molecule has 5 fully saturated rings. The summed E-state index contributed by atoms with van der Waals surface area (Å²) < 4.78 is 0. The molecule has 13 heteroatoms. The van der Waals surface area contributed by atoms with Crippen LogP contribution in [-0.2, 0) is 19.2 Å². The molecule has 8 atom stereocenters. The summed E-state index contributed by atoms with van der Waals surface area (Å²) in [5.74, 6) is -1.17. The summed E-state index contributed by atoms with van der Waals surface area (Å²) in [4.78, 5) is 85.6. The van der Waals surface area contributed by atoms with Crippen molar-refractivity contribution in [2.24, 2.45) is 45.8 Å². The zero-order valence-electron chi connectivity index (χ0n) is 33.5. The van der Waals surface area contributed by atoms with Crippen molar-refractivity contribution in [3.05, 3.63) is 35.9 Å². The van der Waals surface area contributed by atoms with E-state index in [2.05, 4.69) is 35.2 Å². The van der Waals surface area contributed by atoms with Gasteiger partial charge in [0.05, 0.1) is 12.1 Å². The molecule has 0 aromatic heterocycles. The molecule has 2 bridgehead atoms. The van der Waals surface area contributed by atoms with Gasteiger partial charge in [0.1, 0.15) is 12.1 Å². The number of likely N-dealkylation sites (tertiary alicyclic amines) is 2. The van der Waals surface area contributed by atoms with Gasteiger partial charge in [-0.05, 0) is 78.6 Å². The summed E-state index contributed by atoms with van der Waals surface area (Å²) in [7, 11) is 0. The monoisotopic (exact) mass is 747 g/mol. The van der Waals surface area contributed by atoms with E-state index in [-0.39, 0.29) is 59.4 Å². The van der Waals surface area contributed by atoms with Crippen molar-refractivity contribution in [3.63, 3.8) is 0 Å². The molecule has 5 aliphatic rings. The first kappa shape index (κ1) is 39.5. The highest BCUT2D eigenvalue weighted by atomic mass is 16.2. The van der Waals surface area contributed by atoms with Crippen LogP contribution in [0.25, 0.3) is 0 Å². The molecule has 13 nitrogen and oxygen atoms in total. The minimum Gasteiger partial charge on any atom is -0.333 e. The van der Waals surface area contributed by atoms with Crippen LogP contribution in [0.1, 0.15) is 106 Å². The van der Waals surface area contributed by atoms with Gasteiger partial charge in [0.15, 0.2) is 0 Å². The molecule has 3 saturated carbocycles. The molecule has 4 N–H and O–H groups in total. The number of nitrogens with zero attached hydrogens (tertiary/aromatic N) is 3. The first-order valence-electron chi connectivity index (χ1n) is 19.8. The van der Waals surface area contributed by atoms with Crippen molar-refractivity contribution in [1.82, 2.24) is 36.2 Å². The lowest BCUT2D eigenvalue weighted by Gasteiger charge is -2.40. The lowest BCUT2D eigenvalue weighted by Crippen LogP contribution is -2.63. The summed E-state index contributed by atoms with van der Waals surface area (Å²) >= 11 is 0. The third-order valence-corrected chi connectivity index (χ3v) is 12.8. The molecular formula is C41H61N7O6. The second kappa shape index (κ2) is 14.5. The van der Waals surface area contributed by atoms with Crippen LogP contribution in [0.4, 0.5) is 9.59 Å². The number of nitrogens with one attached hydrogen (secondary N) is 4. The topological polar surface area (TPSA) is 160 Å². The zero-order chi connectivity index (χ0) is 39.5. The van der Waals surface area contributed by atoms with E-state index < -0.39 is 46.9 Å². The summed E-state index contributed by atoms with van der Waals surface area (Å²) in [5, 5.41) is 10.3. The standard InChI is InChI=1S/C41H61N7O6/c1-23(25-13-11-10-12-14-25)42-38(54)48(20-24-15-16-24)45-33(49)31-30-28(41(30,8)9)21-46(31)36(52)32(40(5,6)7)44-37(53)43-29(39(2,3)4)22-47-34(50)26-17-18-27(19-26)35(47)51/h10-14,23-24,26-32H,15-22H2,1-9H3,(H,42,54)(H,45,49)(H2,43,44,53)/t23-,26?,27?,28+,29-,30+,31+,32-/m1/s1. The molecule has 2 heterocycles. The Hall–Kier alpha value is -4.16. The number of hydrogen-bond donors (Lipinski definition) is 4. The van der Waals surface area contributed by atoms with Crippen LogP contribution in [0, 0.1) is 45.8 Å². The fraction of sp³-hybridized carbons (Fsp3) is 0.707. The van der Waals surface area contributed by atoms with Crippen LogP contribution < -0.4 is 21.4 Å². The Morgan fingerprint density at radius 3 is 2.04 bits per heavy atom. The van der Waals surface area contributed by atoms with E-state index in [1.54, 1.807) is 4.90 Å². The number of amides is 8. The Bertz CT molecular complexity index is 1620. The SMILES string of the molecule is C[C@@H](NC(=O)N(CC1CC1)NC(=O)[C@@H]1[C@@H]2[C@H](CN1C(=O)[C@@H](NC(=O)N[C@H](CN1C(=O)C3CCC(C3)C1=O)C(C)(C)C)C(C)(C)C)C2(C)C)c1ccccc1. The number of rotatable bonds is 10. The van der Waals surface area contributed by atoms with Gasteiger partial charge in [0, 0.05) is 31.5 Å². The van der Waals surface area contributed by atoms with Crippen LogP contribution in [0.15, 0.2) is 30.3 Å². The Morgan fingerprint density at radius 2 is 1.48 bits per heavy atom. The fourth-order valence-corrected chi connectivity index (χ4v) is 8.86. The molecule has 54 heavy (non-hydrogen) atoms. The van der Waals surface area contributed by atoms with E-state index in [1.807, 2.05) is 78.8 Å². The zero-order valence-corrected chi connectivity index (χ0v) is 33.5. The van der Waals surface area contributed by atoms with Crippen LogP contribution >= 0.6 is 0 Å². The molecule has 0 spiro atoms. The van der Waals surface area contributed by atoms with E-state index in [9.17, 15) is 28.8 Å². The highest BCUT2D eigenvalue weighted by molar-refractivity contribution is 6.01. The maximum Gasteiger partial charge on any atom is 0.336 e. The van der Waals surface area contributed by atoms with Gasteiger partial charge in [-0.15, -0.1) is 0 Å². The third-order valence-electron chi connectivity index (χ3n) is 12.8. The molecule has 2 aliphatic heterocycles. The van der Waals surface area contributed by atoms with E-state index in [0.717, 1.165) is 18.4 Å².